The van der Waals surface area contributed by atoms with Gasteiger partial charge in [-0.1, -0.05) is 0 Å². The topological polar surface area (TPSA) is 77.6 Å². The van der Waals surface area contributed by atoms with Crippen LogP contribution in [0.4, 0.5) is 15.3 Å². The first-order valence-electron chi connectivity index (χ1n) is 7.72. The summed E-state index contributed by atoms with van der Waals surface area (Å²) in [6.45, 7) is 3.55. The molecule has 0 spiro atoms. The third kappa shape index (κ3) is 3.29. The van der Waals surface area contributed by atoms with Crippen molar-refractivity contribution in [2.45, 2.75) is 12.8 Å². The number of anilines is 1. The van der Waals surface area contributed by atoms with E-state index in [9.17, 15) is 9.59 Å². The predicted octanol–water partition coefficient (Wildman–Crippen LogP) is 1.03. The molecular formula is C15H21N5O2. The quantitative estimate of drug-likeness (QED) is 0.874. The van der Waals surface area contributed by atoms with Crippen molar-refractivity contribution in [1.29, 1.82) is 0 Å². The summed E-state index contributed by atoms with van der Waals surface area (Å²) in [7, 11) is 0. The molecule has 118 valence electrons. The zero-order chi connectivity index (χ0) is 15.4. The number of nitrogens with one attached hydrogen (secondary N) is 2. The minimum Gasteiger partial charge on any atom is -0.370 e. The molecule has 0 aromatic carbocycles. The summed E-state index contributed by atoms with van der Waals surface area (Å²) < 4.78 is 0. The van der Waals surface area contributed by atoms with Gasteiger partial charge in [-0.05, 0) is 30.9 Å². The van der Waals surface area contributed by atoms with Gasteiger partial charge in [-0.3, -0.25) is 4.98 Å². The minimum absolute atomic E-state index is 0.287. The molecule has 7 nitrogen and oxygen atoms in total. The normalized spacial score (nSPS) is 19.2. The molecule has 0 radical (unpaired) electrons. The molecule has 1 aromatic rings. The van der Waals surface area contributed by atoms with Crippen molar-refractivity contribution in [2.24, 2.45) is 5.92 Å². The van der Waals surface area contributed by atoms with Crippen LogP contribution in [0.5, 0.6) is 0 Å². The fourth-order valence-electron chi connectivity index (χ4n) is 2.93. The molecule has 0 unspecified atom stereocenters. The maximum atomic E-state index is 11.9. The van der Waals surface area contributed by atoms with Crippen LogP contribution in [0.1, 0.15) is 12.8 Å². The number of carbonyl (C=O) groups excluding carboxylic acids is 2. The van der Waals surface area contributed by atoms with Crippen molar-refractivity contribution in [1.82, 2.24) is 20.5 Å². The SMILES string of the molecule is O=C1NCCN1C(=O)NCC1CCN(c2cccnc2)CC1. The number of pyridine rings is 1. The number of hydrogen-bond acceptors (Lipinski definition) is 4. The van der Waals surface area contributed by atoms with Gasteiger partial charge in [-0.25, -0.2) is 14.5 Å². The monoisotopic (exact) mass is 303 g/mol. The molecule has 0 bridgehead atoms. The number of piperidine rings is 1. The zero-order valence-electron chi connectivity index (χ0n) is 12.5. The smallest absolute Gasteiger partial charge is 0.325 e. The Bertz CT molecular complexity index is 528. The molecule has 3 rings (SSSR count). The van der Waals surface area contributed by atoms with Crippen molar-refractivity contribution < 1.29 is 9.59 Å². The van der Waals surface area contributed by atoms with Crippen LogP contribution < -0.4 is 15.5 Å². The first kappa shape index (κ1) is 14.6. The van der Waals surface area contributed by atoms with E-state index >= 15 is 0 Å². The second-order valence-corrected chi connectivity index (χ2v) is 5.71. The van der Waals surface area contributed by atoms with E-state index in [1.165, 1.54) is 4.90 Å². The molecule has 0 saturated carbocycles. The number of aromatic nitrogens is 1. The lowest BCUT2D eigenvalue weighted by atomic mass is 9.96. The largest absolute Gasteiger partial charge is 0.370 e. The standard InChI is InChI=1S/C15H21N5O2/c21-14-17-6-9-20(14)15(22)18-10-12-3-7-19(8-4-12)13-2-1-5-16-11-13/h1-2,5,11-12H,3-4,6-10H2,(H,17,21)(H,18,22). The summed E-state index contributed by atoms with van der Waals surface area (Å²) in [5, 5.41) is 5.50. The van der Waals surface area contributed by atoms with Gasteiger partial charge in [0.05, 0.1) is 11.9 Å². The molecular weight excluding hydrogens is 282 g/mol. The Morgan fingerprint density at radius 1 is 1.36 bits per heavy atom. The average Bonchev–Trinajstić information content (AvgIpc) is 3.00. The Balaban J connectivity index is 1.42. The Hall–Kier alpha value is -2.31. The van der Waals surface area contributed by atoms with Crippen molar-refractivity contribution in [3.05, 3.63) is 24.5 Å². The summed E-state index contributed by atoms with van der Waals surface area (Å²) in [5.41, 5.74) is 1.15. The number of carbonyl (C=O) groups is 2. The Kier molecular flexibility index (Phi) is 4.41. The maximum Gasteiger partial charge on any atom is 0.325 e. The third-order valence-electron chi connectivity index (χ3n) is 4.27. The van der Waals surface area contributed by atoms with Gasteiger partial charge in [0.25, 0.3) is 0 Å². The van der Waals surface area contributed by atoms with E-state index in [-0.39, 0.29) is 12.1 Å². The van der Waals surface area contributed by atoms with E-state index in [4.69, 9.17) is 0 Å². The molecule has 2 aliphatic heterocycles. The summed E-state index contributed by atoms with van der Waals surface area (Å²) in [5.74, 6) is 0.461. The molecule has 22 heavy (non-hydrogen) atoms. The average molecular weight is 303 g/mol. The summed E-state index contributed by atoms with van der Waals surface area (Å²) >= 11 is 0. The molecule has 3 heterocycles. The molecule has 2 aliphatic rings. The molecule has 2 saturated heterocycles. The van der Waals surface area contributed by atoms with E-state index in [2.05, 4.69) is 26.6 Å². The lowest BCUT2D eigenvalue weighted by Crippen LogP contribution is -2.45. The van der Waals surface area contributed by atoms with E-state index < -0.39 is 0 Å². The molecule has 7 heteroatoms. The van der Waals surface area contributed by atoms with Gasteiger partial charge in [0.1, 0.15) is 0 Å². The lowest BCUT2D eigenvalue weighted by Gasteiger charge is -2.33. The van der Waals surface area contributed by atoms with Crippen LogP contribution in [0.3, 0.4) is 0 Å². The van der Waals surface area contributed by atoms with Gasteiger partial charge in [-0.2, -0.15) is 0 Å². The third-order valence-corrected chi connectivity index (χ3v) is 4.27. The van der Waals surface area contributed by atoms with Crippen LogP contribution in [-0.4, -0.2) is 54.7 Å². The second-order valence-electron chi connectivity index (χ2n) is 5.71. The summed E-state index contributed by atoms with van der Waals surface area (Å²) in [6.07, 6.45) is 5.72. The minimum atomic E-state index is -0.302. The molecule has 2 N–H and O–H groups in total. The number of imide groups is 1. The number of rotatable bonds is 3. The van der Waals surface area contributed by atoms with Gasteiger partial charge in [0.15, 0.2) is 0 Å². The molecule has 0 aliphatic carbocycles. The fraction of sp³-hybridized carbons (Fsp3) is 0.533. The number of nitrogens with zero attached hydrogens (tertiary/aromatic N) is 3. The van der Waals surface area contributed by atoms with Gasteiger partial charge in [-0.15, -0.1) is 0 Å². The maximum absolute atomic E-state index is 11.9. The van der Waals surface area contributed by atoms with E-state index in [1.54, 1.807) is 6.20 Å². The van der Waals surface area contributed by atoms with E-state index in [0.717, 1.165) is 31.6 Å². The first-order chi connectivity index (χ1) is 10.7. The van der Waals surface area contributed by atoms with Gasteiger partial charge in [0, 0.05) is 38.9 Å². The van der Waals surface area contributed by atoms with Crippen LogP contribution in [0.25, 0.3) is 0 Å². The van der Waals surface area contributed by atoms with E-state index in [1.807, 2.05) is 12.3 Å². The van der Waals surface area contributed by atoms with E-state index in [0.29, 0.717) is 25.6 Å². The first-order valence-corrected chi connectivity index (χ1v) is 7.72. The lowest BCUT2D eigenvalue weighted by molar-refractivity contribution is 0.197. The Labute approximate surface area is 129 Å². The molecule has 1 aromatic heterocycles. The Morgan fingerprint density at radius 2 is 2.18 bits per heavy atom. The van der Waals surface area contributed by atoms with Crippen molar-refractivity contribution >= 4 is 17.7 Å². The van der Waals surface area contributed by atoms with Gasteiger partial charge < -0.3 is 15.5 Å². The molecule has 0 atom stereocenters. The van der Waals surface area contributed by atoms with Crippen molar-refractivity contribution in [3.8, 4) is 0 Å². The highest BCUT2D eigenvalue weighted by atomic mass is 16.2. The second kappa shape index (κ2) is 6.64. The molecule has 2 fully saturated rings. The predicted molar refractivity (Wildman–Crippen MR) is 82.7 cm³/mol. The van der Waals surface area contributed by atoms with Gasteiger partial charge in [0.2, 0.25) is 0 Å². The fourth-order valence-corrected chi connectivity index (χ4v) is 2.93. The van der Waals surface area contributed by atoms with Crippen LogP contribution >= 0.6 is 0 Å². The number of urea groups is 2. The Morgan fingerprint density at radius 3 is 2.82 bits per heavy atom. The van der Waals surface area contributed by atoms with Gasteiger partial charge >= 0.3 is 12.1 Å². The summed E-state index contributed by atoms with van der Waals surface area (Å²) in [4.78, 5) is 31.0. The zero-order valence-corrected chi connectivity index (χ0v) is 12.5. The van der Waals surface area contributed by atoms with Crippen LogP contribution in [0, 0.1) is 5.92 Å². The number of amides is 4. The van der Waals surface area contributed by atoms with Crippen LogP contribution in [-0.2, 0) is 0 Å². The van der Waals surface area contributed by atoms with Crippen molar-refractivity contribution in [3.63, 3.8) is 0 Å². The van der Waals surface area contributed by atoms with Crippen LogP contribution in [0.2, 0.25) is 0 Å². The highest BCUT2D eigenvalue weighted by Crippen LogP contribution is 2.22. The van der Waals surface area contributed by atoms with Crippen LogP contribution in [0.15, 0.2) is 24.5 Å². The van der Waals surface area contributed by atoms with Crippen molar-refractivity contribution in [2.75, 3.05) is 37.6 Å². The highest BCUT2D eigenvalue weighted by molar-refractivity contribution is 5.94. The molecule has 4 amide bonds. The number of hydrogen-bond donors (Lipinski definition) is 2. The summed E-state index contributed by atoms with van der Waals surface area (Å²) in [6, 6.07) is 3.43. The highest BCUT2D eigenvalue weighted by Gasteiger charge is 2.27.